The lowest BCUT2D eigenvalue weighted by molar-refractivity contribution is -0.142. The molecule has 0 bridgehead atoms. The number of hydrogen-bond acceptors (Lipinski definition) is 3. The van der Waals surface area contributed by atoms with Gasteiger partial charge in [0.15, 0.2) is 0 Å². The Morgan fingerprint density at radius 1 is 1.40 bits per heavy atom. The summed E-state index contributed by atoms with van der Waals surface area (Å²) in [6.45, 7) is 5.18. The van der Waals surface area contributed by atoms with Gasteiger partial charge in [-0.05, 0) is 37.6 Å². The summed E-state index contributed by atoms with van der Waals surface area (Å²) in [5.74, 6) is -0.972. The van der Waals surface area contributed by atoms with E-state index in [0.717, 1.165) is 32.3 Å². The Balaban J connectivity index is 2.11. The van der Waals surface area contributed by atoms with Gasteiger partial charge in [0.2, 0.25) is 0 Å². The number of carboxylic acids is 1. The van der Waals surface area contributed by atoms with Crippen LogP contribution in [0.25, 0.3) is 10.9 Å². The van der Waals surface area contributed by atoms with Crippen molar-refractivity contribution in [1.82, 2.24) is 4.98 Å². The van der Waals surface area contributed by atoms with Gasteiger partial charge in [0.25, 0.3) is 0 Å². The second kappa shape index (κ2) is 4.74. The Labute approximate surface area is 125 Å². The molecule has 1 saturated heterocycles. The molecule has 1 aromatic heterocycles. The molecule has 2 aromatic rings. The summed E-state index contributed by atoms with van der Waals surface area (Å²) >= 11 is 3.49. The minimum atomic E-state index is -0.713. The summed E-state index contributed by atoms with van der Waals surface area (Å²) in [5.41, 5.74) is 4.18. The fourth-order valence-corrected chi connectivity index (χ4v) is 3.02. The molecule has 1 N–H and O–H groups in total. The number of rotatable bonds is 2. The Kier molecular flexibility index (Phi) is 3.17. The monoisotopic (exact) mass is 334 g/mol. The molecule has 0 unspecified atom stereocenters. The molecule has 0 atom stereocenters. The first-order valence-corrected chi connectivity index (χ1v) is 7.31. The van der Waals surface area contributed by atoms with Crippen molar-refractivity contribution in [3.05, 3.63) is 33.9 Å². The van der Waals surface area contributed by atoms with Gasteiger partial charge >= 0.3 is 5.97 Å². The van der Waals surface area contributed by atoms with Crippen molar-refractivity contribution in [3.8, 4) is 0 Å². The molecule has 1 aromatic carbocycles. The number of aliphatic carboxylic acids is 1. The normalized spacial score (nSPS) is 15.4. The molecule has 3 rings (SSSR count). The summed E-state index contributed by atoms with van der Waals surface area (Å²) in [6, 6.07) is 6.02. The van der Waals surface area contributed by atoms with Crippen molar-refractivity contribution in [3.63, 3.8) is 0 Å². The van der Waals surface area contributed by atoms with Gasteiger partial charge in [0, 0.05) is 28.6 Å². The van der Waals surface area contributed by atoms with E-state index >= 15 is 0 Å². The van der Waals surface area contributed by atoms with Gasteiger partial charge in [-0.25, -0.2) is 0 Å². The first-order chi connectivity index (χ1) is 9.47. The predicted molar refractivity (Wildman–Crippen MR) is 82.3 cm³/mol. The van der Waals surface area contributed by atoms with Crippen LogP contribution in [0.5, 0.6) is 0 Å². The molecular formula is C15H15BrN2O2. The van der Waals surface area contributed by atoms with Crippen LogP contribution in [0.15, 0.2) is 22.7 Å². The van der Waals surface area contributed by atoms with E-state index in [9.17, 15) is 4.79 Å². The first kappa shape index (κ1) is 13.4. The molecule has 0 amide bonds. The second-order valence-electron chi connectivity index (χ2n) is 5.27. The number of halogens is 1. The Hall–Kier alpha value is -1.62. The van der Waals surface area contributed by atoms with Crippen molar-refractivity contribution in [2.45, 2.75) is 13.8 Å². The van der Waals surface area contributed by atoms with Crippen molar-refractivity contribution < 1.29 is 9.90 Å². The molecule has 5 heteroatoms. The van der Waals surface area contributed by atoms with Gasteiger partial charge in [-0.15, -0.1) is 0 Å². The molecule has 0 radical (unpaired) electrons. The standard InChI is InChI=1S/C15H15BrN2O2/c1-8-9(2)17-13-4-3-11(16)5-12(13)14(8)18-6-10(7-18)15(19)20/h3-5,10H,6-7H2,1-2H3,(H,19,20). The fraction of sp³-hybridized carbons (Fsp3) is 0.333. The maximum Gasteiger partial charge on any atom is 0.310 e. The fourth-order valence-electron chi connectivity index (χ4n) is 2.66. The van der Waals surface area contributed by atoms with E-state index in [1.807, 2.05) is 26.0 Å². The molecule has 1 fully saturated rings. The lowest BCUT2D eigenvalue weighted by atomic mass is 9.96. The number of aromatic nitrogens is 1. The number of benzene rings is 1. The number of fused-ring (bicyclic) bond motifs is 1. The lowest BCUT2D eigenvalue weighted by Gasteiger charge is -2.40. The minimum Gasteiger partial charge on any atom is -0.481 e. The molecule has 0 aliphatic carbocycles. The third kappa shape index (κ3) is 2.06. The highest BCUT2D eigenvalue weighted by atomic mass is 79.9. The van der Waals surface area contributed by atoms with Gasteiger partial charge in [-0.1, -0.05) is 15.9 Å². The first-order valence-electron chi connectivity index (χ1n) is 6.51. The SMILES string of the molecule is Cc1nc2ccc(Br)cc2c(N2CC(C(=O)O)C2)c1C. The van der Waals surface area contributed by atoms with Gasteiger partial charge < -0.3 is 10.0 Å². The number of nitrogens with zero attached hydrogens (tertiary/aromatic N) is 2. The number of anilines is 1. The molecule has 0 spiro atoms. The van der Waals surface area contributed by atoms with Crippen LogP contribution in [0.2, 0.25) is 0 Å². The van der Waals surface area contributed by atoms with Crippen molar-refractivity contribution >= 4 is 38.5 Å². The lowest BCUT2D eigenvalue weighted by Crippen LogP contribution is -2.50. The Bertz CT molecular complexity index is 709. The van der Waals surface area contributed by atoms with Gasteiger partial charge in [-0.3, -0.25) is 9.78 Å². The molecular weight excluding hydrogens is 320 g/mol. The van der Waals surface area contributed by atoms with Crippen molar-refractivity contribution in [2.24, 2.45) is 5.92 Å². The second-order valence-corrected chi connectivity index (χ2v) is 6.19. The third-order valence-corrected chi connectivity index (χ3v) is 4.44. The van der Waals surface area contributed by atoms with E-state index in [0.29, 0.717) is 13.1 Å². The van der Waals surface area contributed by atoms with Crippen LogP contribution in [0, 0.1) is 19.8 Å². The summed E-state index contributed by atoms with van der Waals surface area (Å²) in [6.07, 6.45) is 0. The minimum absolute atomic E-state index is 0.259. The number of aryl methyl sites for hydroxylation is 1. The van der Waals surface area contributed by atoms with E-state index in [1.165, 1.54) is 0 Å². The quantitative estimate of drug-likeness (QED) is 0.916. The summed E-state index contributed by atoms with van der Waals surface area (Å²) < 4.78 is 1.01. The van der Waals surface area contributed by atoms with E-state index < -0.39 is 5.97 Å². The number of carboxylic acid groups (broad SMARTS) is 1. The van der Waals surface area contributed by atoms with Crippen LogP contribution in [-0.2, 0) is 4.79 Å². The zero-order valence-corrected chi connectivity index (χ0v) is 12.9. The molecule has 2 heterocycles. The average Bonchev–Trinajstić information content (AvgIpc) is 2.32. The zero-order chi connectivity index (χ0) is 14.4. The molecule has 1 aliphatic rings. The summed E-state index contributed by atoms with van der Waals surface area (Å²) in [4.78, 5) is 17.7. The zero-order valence-electron chi connectivity index (χ0n) is 11.4. The summed E-state index contributed by atoms with van der Waals surface area (Å²) in [7, 11) is 0. The highest BCUT2D eigenvalue weighted by Gasteiger charge is 2.34. The maximum atomic E-state index is 11.0. The molecule has 1 aliphatic heterocycles. The molecule has 104 valence electrons. The van der Waals surface area contributed by atoms with Crippen LogP contribution in [0.3, 0.4) is 0 Å². The average molecular weight is 335 g/mol. The van der Waals surface area contributed by atoms with Crippen molar-refractivity contribution in [2.75, 3.05) is 18.0 Å². The van der Waals surface area contributed by atoms with Crippen LogP contribution in [0.1, 0.15) is 11.3 Å². The molecule has 4 nitrogen and oxygen atoms in total. The van der Waals surface area contributed by atoms with Crippen molar-refractivity contribution in [1.29, 1.82) is 0 Å². The highest BCUT2D eigenvalue weighted by Crippen LogP contribution is 2.36. The summed E-state index contributed by atoms with van der Waals surface area (Å²) in [5, 5.41) is 10.1. The van der Waals surface area contributed by atoms with Gasteiger partial charge in [0.05, 0.1) is 17.1 Å². The van der Waals surface area contributed by atoms with Gasteiger partial charge in [0.1, 0.15) is 0 Å². The Morgan fingerprint density at radius 2 is 2.10 bits per heavy atom. The number of pyridine rings is 1. The number of hydrogen-bond donors (Lipinski definition) is 1. The van der Waals surface area contributed by atoms with Crippen LogP contribution in [0.4, 0.5) is 5.69 Å². The van der Waals surface area contributed by atoms with Crippen LogP contribution >= 0.6 is 15.9 Å². The molecule has 0 saturated carbocycles. The van der Waals surface area contributed by atoms with E-state index in [-0.39, 0.29) is 5.92 Å². The maximum absolute atomic E-state index is 11.0. The Morgan fingerprint density at radius 3 is 2.75 bits per heavy atom. The topological polar surface area (TPSA) is 53.4 Å². The predicted octanol–water partition coefficient (Wildman–Crippen LogP) is 3.13. The highest BCUT2D eigenvalue weighted by molar-refractivity contribution is 9.10. The molecule has 20 heavy (non-hydrogen) atoms. The van der Waals surface area contributed by atoms with E-state index in [1.54, 1.807) is 0 Å². The largest absolute Gasteiger partial charge is 0.481 e. The number of carbonyl (C=O) groups is 1. The van der Waals surface area contributed by atoms with E-state index in [2.05, 4.69) is 31.9 Å². The van der Waals surface area contributed by atoms with Crippen LogP contribution in [-0.4, -0.2) is 29.1 Å². The van der Waals surface area contributed by atoms with Crippen LogP contribution < -0.4 is 4.90 Å². The third-order valence-electron chi connectivity index (χ3n) is 3.95. The smallest absolute Gasteiger partial charge is 0.310 e. The van der Waals surface area contributed by atoms with Gasteiger partial charge in [-0.2, -0.15) is 0 Å². The van der Waals surface area contributed by atoms with E-state index in [4.69, 9.17) is 5.11 Å².